The molecule has 36 heavy (non-hydrogen) atoms. The summed E-state index contributed by atoms with van der Waals surface area (Å²) in [5.41, 5.74) is 4.80. The summed E-state index contributed by atoms with van der Waals surface area (Å²) in [4.78, 5) is 11.2. The Hall–Kier alpha value is -3.74. The number of halogens is 1. The smallest absolute Gasteiger partial charge is 0.247 e. The van der Waals surface area contributed by atoms with Gasteiger partial charge in [-0.25, -0.2) is 15.0 Å². The summed E-state index contributed by atoms with van der Waals surface area (Å²) in [6, 6.07) is 28.2. The van der Waals surface area contributed by atoms with Crippen molar-refractivity contribution in [3.05, 3.63) is 106 Å². The van der Waals surface area contributed by atoms with Gasteiger partial charge in [0.25, 0.3) is 0 Å². The Bertz CT molecular complexity index is 1550. The standard InChI is InChI=1S/C29H23ClN4OS/c1-2-35-22-11-6-10-20(16-22)26-18-25(27-12-7-15-36-27)33-34(26)29-31-24-14-13-21(30)17-23(24)28(32-29)19-8-4-3-5-9-19/h3-17,26H,2,18H2,1H3/t26-/m0/s1. The Balaban J connectivity index is 1.52. The highest BCUT2D eigenvalue weighted by atomic mass is 35.5. The molecule has 0 bridgehead atoms. The van der Waals surface area contributed by atoms with Gasteiger partial charge in [-0.15, -0.1) is 11.3 Å². The van der Waals surface area contributed by atoms with Gasteiger partial charge in [0.2, 0.25) is 5.95 Å². The van der Waals surface area contributed by atoms with Crippen LogP contribution in [0.2, 0.25) is 5.02 Å². The fourth-order valence-corrected chi connectivity index (χ4v) is 5.42. The molecule has 0 fully saturated rings. The van der Waals surface area contributed by atoms with E-state index in [1.807, 2.05) is 60.5 Å². The zero-order valence-corrected chi connectivity index (χ0v) is 21.2. The Morgan fingerprint density at radius 3 is 2.67 bits per heavy atom. The highest BCUT2D eigenvalue weighted by molar-refractivity contribution is 7.12. The van der Waals surface area contributed by atoms with Crippen LogP contribution in [-0.2, 0) is 0 Å². The van der Waals surface area contributed by atoms with Crippen molar-refractivity contribution in [1.82, 2.24) is 9.97 Å². The third-order valence-corrected chi connectivity index (χ3v) is 7.32. The summed E-state index contributed by atoms with van der Waals surface area (Å²) in [6.07, 6.45) is 0.749. The van der Waals surface area contributed by atoms with E-state index < -0.39 is 0 Å². The van der Waals surface area contributed by atoms with E-state index in [4.69, 9.17) is 31.4 Å². The quantitative estimate of drug-likeness (QED) is 0.234. The monoisotopic (exact) mass is 510 g/mol. The first kappa shape index (κ1) is 22.7. The third kappa shape index (κ3) is 4.34. The number of hydrogen-bond acceptors (Lipinski definition) is 6. The number of aromatic nitrogens is 2. The molecule has 0 radical (unpaired) electrons. The Kier molecular flexibility index (Phi) is 6.13. The molecule has 0 N–H and O–H groups in total. The number of rotatable bonds is 6. The minimum absolute atomic E-state index is 0.0594. The number of ether oxygens (including phenoxy) is 1. The van der Waals surface area contributed by atoms with E-state index in [0.29, 0.717) is 17.6 Å². The fourth-order valence-electron chi connectivity index (χ4n) is 4.53. The summed E-state index contributed by atoms with van der Waals surface area (Å²) in [7, 11) is 0. The van der Waals surface area contributed by atoms with Crippen LogP contribution in [0, 0.1) is 0 Å². The van der Waals surface area contributed by atoms with Crippen molar-refractivity contribution in [3.8, 4) is 17.0 Å². The second-order valence-corrected chi connectivity index (χ2v) is 9.88. The lowest BCUT2D eigenvalue weighted by atomic mass is 10.0. The van der Waals surface area contributed by atoms with Crippen molar-refractivity contribution in [1.29, 1.82) is 0 Å². The average Bonchev–Trinajstić information content (AvgIpc) is 3.60. The van der Waals surface area contributed by atoms with Crippen LogP contribution < -0.4 is 9.75 Å². The predicted octanol–water partition coefficient (Wildman–Crippen LogP) is 7.77. The molecule has 0 saturated carbocycles. The van der Waals surface area contributed by atoms with Crippen LogP contribution in [0.1, 0.15) is 29.8 Å². The van der Waals surface area contributed by atoms with Crippen LogP contribution in [0.25, 0.3) is 22.2 Å². The fraction of sp³-hybridized carbons (Fsp3) is 0.138. The summed E-state index contributed by atoms with van der Waals surface area (Å²) in [6.45, 7) is 2.61. The Labute approximate surface area is 218 Å². The van der Waals surface area contributed by atoms with Crippen molar-refractivity contribution in [3.63, 3.8) is 0 Å². The Morgan fingerprint density at radius 1 is 0.972 bits per heavy atom. The van der Waals surface area contributed by atoms with Gasteiger partial charge in [-0.2, -0.15) is 5.10 Å². The summed E-state index contributed by atoms with van der Waals surface area (Å²) < 4.78 is 5.79. The minimum atomic E-state index is -0.0594. The number of benzene rings is 3. The van der Waals surface area contributed by atoms with Crippen molar-refractivity contribution in [2.75, 3.05) is 11.6 Å². The molecule has 0 amide bonds. The highest BCUT2D eigenvalue weighted by Gasteiger charge is 2.33. The molecule has 6 rings (SSSR count). The predicted molar refractivity (Wildman–Crippen MR) is 148 cm³/mol. The second kappa shape index (κ2) is 9.72. The molecule has 1 atom stereocenters. The molecular formula is C29H23ClN4OS. The number of fused-ring (bicyclic) bond motifs is 1. The van der Waals surface area contributed by atoms with Crippen LogP contribution in [0.5, 0.6) is 5.75 Å². The second-order valence-electron chi connectivity index (χ2n) is 8.49. The number of hydrogen-bond donors (Lipinski definition) is 0. The summed E-state index contributed by atoms with van der Waals surface area (Å²) >= 11 is 8.06. The van der Waals surface area contributed by atoms with Crippen molar-refractivity contribution in [2.45, 2.75) is 19.4 Å². The van der Waals surface area contributed by atoms with E-state index in [1.165, 1.54) is 0 Å². The van der Waals surface area contributed by atoms with Gasteiger partial charge in [-0.05, 0) is 54.3 Å². The molecule has 1 aliphatic heterocycles. The topological polar surface area (TPSA) is 50.6 Å². The number of nitrogens with zero attached hydrogens (tertiary/aromatic N) is 4. The van der Waals surface area contributed by atoms with E-state index in [-0.39, 0.29) is 6.04 Å². The first-order chi connectivity index (χ1) is 17.7. The molecule has 7 heteroatoms. The molecule has 0 saturated heterocycles. The number of thiophene rings is 1. The van der Waals surface area contributed by atoms with E-state index in [1.54, 1.807) is 11.3 Å². The SMILES string of the molecule is CCOc1cccc([C@@H]2CC(c3cccs3)=NN2c2nc(-c3ccccc3)c3cc(Cl)ccc3n2)c1. The van der Waals surface area contributed by atoms with Gasteiger partial charge in [0, 0.05) is 22.4 Å². The van der Waals surface area contributed by atoms with Crippen LogP contribution in [0.3, 0.4) is 0 Å². The molecule has 3 heterocycles. The third-order valence-electron chi connectivity index (χ3n) is 6.17. The summed E-state index contributed by atoms with van der Waals surface area (Å²) in [5.74, 6) is 1.40. The van der Waals surface area contributed by atoms with Gasteiger partial charge in [0.15, 0.2) is 0 Å². The normalized spacial score (nSPS) is 15.3. The maximum Gasteiger partial charge on any atom is 0.247 e. The van der Waals surface area contributed by atoms with Crippen LogP contribution >= 0.6 is 22.9 Å². The average molecular weight is 511 g/mol. The highest BCUT2D eigenvalue weighted by Crippen LogP contribution is 2.39. The van der Waals surface area contributed by atoms with Crippen molar-refractivity contribution >= 4 is 45.5 Å². The van der Waals surface area contributed by atoms with Gasteiger partial charge in [-0.3, -0.25) is 0 Å². The number of anilines is 1. The van der Waals surface area contributed by atoms with Gasteiger partial charge in [-0.1, -0.05) is 60.1 Å². The first-order valence-corrected chi connectivity index (χ1v) is 13.1. The molecule has 0 aliphatic carbocycles. The van der Waals surface area contributed by atoms with Crippen LogP contribution in [0.15, 0.2) is 95.4 Å². The molecule has 5 aromatic rings. The van der Waals surface area contributed by atoms with E-state index >= 15 is 0 Å². The molecular weight excluding hydrogens is 488 g/mol. The maximum absolute atomic E-state index is 6.37. The van der Waals surface area contributed by atoms with E-state index in [2.05, 4.69) is 41.8 Å². The molecule has 5 nitrogen and oxygen atoms in total. The molecule has 2 aromatic heterocycles. The lowest BCUT2D eigenvalue weighted by Gasteiger charge is -2.23. The van der Waals surface area contributed by atoms with Crippen LogP contribution in [-0.4, -0.2) is 22.3 Å². The van der Waals surface area contributed by atoms with E-state index in [0.717, 1.165) is 50.5 Å². The molecule has 0 spiro atoms. The minimum Gasteiger partial charge on any atom is -0.494 e. The lowest BCUT2D eigenvalue weighted by Crippen LogP contribution is -2.21. The maximum atomic E-state index is 6.37. The van der Waals surface area contributed by atoms with Gasteiger partial charge < -0.3 is 4.74 Å². The molecule has 178 valence electrons. The van der Waals surface area contributed by atoms with Crippen molar-refractivity contribution in [2.24, 2.45) is 5.10 Å². The zero-order valence-electron chi connectivity index (χ0n) is 19.6. The largest absolute Gasteiger partial charge is 0.494 e. The van der Waals surface area contributed by atoms with E-state index in [9.17, 15) is 0 Å². The molecule has 3 aromatic carbocycles. The lowest BCUT2D eigenvalue weighted by molar-refractivity contribution is 0.339. The summed E-state index contributed by atoms with van der Waals surface area (Å²) in [5, 5.41) is 10.7. The molecule has 1 aliphatic rings. The Morgan fingerprint density at radius 2 is 1.86 bits per heavy atom. The zero-order chi connectivity index (χ0) is 24.5. The van der Waals surface area contributed by atoms with Gasteiger partial charge in [0.1, 0.15) is 5.75 Å². The van der Waals surface area contributed by atoms with Crippen LogP contribution in [0.4, 0.5) is 5.95 Å². The molecule has 0 unspecified atom stereocenters. The number of hydrazone groups is 1. The van der Waals surface area contributed by atoms with Crippen molar-refractivity contribution < 1.29 is 4.74 Å². The first-order valence-electron chi connectivity index (χ1n) is 11.9. The van der Waals surface area contributed by atoms with Gasteiger partial charge in [0.05, 0.1) is 34.4 Å². The van der Waals surface area contributed by atoms with Gasteiger partial charge >= 0.3 is 0 Å².